The Balaban J connectivity index is 2.24. The van der Waals surface area contributed by atoms with E-state index in [0.717, 1.165) is 19.9 Å². The van der Waals surface area contributed by atoms with E-state index in [1.54, 1.807) is 11.3 Å². The Labute approximate surface area is 94.5 Å². The van der Waals surface area contributed by atoms with Crippen LogP contribution in [0.25, 0.3) is 10.6 Å². The maximum absolute atomic E-state index is 5.84. The summed E-state index contributed by atoms with van der Waals surface area (Å²) in [4.78, 5) is 5.50. The number of halogens is 1. The molecule has 2 rings (SSSR count). The van der Waals surface area contributed by atoms with Gasteiger partial charge in [-0.2, -0.15) is 0 Å². The van der Waals surface area contributed by atoms with Gasteiger partial charge in [-0.1, -0.05) is 11.6 Å². The Kier molecular flexibility index (Phi) is 3.15. The molecule has 6 heteroatoms. The van der Waals surface area contributed by atoms with Crippen LogP contribution in [-0.4, -0.2) is 4.98 Å². The molecule has 0 atom stereocenters. The van der Waals surface area contributed by atoms with Gasteiger partial charge < -0.3 is 0 Å². The summed E-state index contributed by atoms with van der Waals surface area (Å²) in [6.45, 7) is 0.601. The lowest BCUT2D eigenvalue weighted by atomic mass is 10.4. The fraction of sp³-hybridized carbons (Fsp3) is 0.125. The van der Waals surface area contributed by atoms with E-state index in [9.17, 15) is 0 Å². The second kappa shape index (κ2) is 4.37. The highest BCUT2D eigenvalue weighted by molar-refractivity contribution is 7.19. The summed E-state index contributed by atoms with van der Waals surface area (Å²) < 4.78 is 0.784. The van der Waals surface area contributed by atoms with Gasteiger partial charge in [-0.15, -0.1) is 22.7 Å². The number of aromatic nitrogens is 1. The summed E-state index contributed by atoms with van der Waals surface area (Å²) >= 11 is 8.96. The third kappa shape index (κ3) is 2.13. The zero-order valence-electron chi connectivity index (χ0n) is 7.16. The smallest absolute Gasteiger partial charge is 0.109 e. The van der Waals surface area contributed by atoms with Crippen molar-refractivity contribution in [1.29, 1.82) is 0 Å². The van der Waals surface area contributed by atoms with Crippen molar-refractivity contribution in [2.45, 2.75) is 6.54 Å². The summed E-state index contributed by atoms with van der Waals surface area (Å²) in [6, 6.07) is 3.85. The zero-order chi connectivity index (χ0) is 9.97. The minimum absolute atomic E-state index is 0.601. The number of nitrogens with zero attached hydrogens (tertiary/aromatic N) is 1. The Morgan fingerprint density at radius 3 is 3.00 bits per heavy atom. The molecule has 2 heterocycles. The summed E-state index contributed by atoms with van der Waals surface area (Å²) in [5.74, 6) is 5.21. The predicted octanol–water partition coefficient (Wildman–Crippen LogP) is 2.49. The van der Waals surface area contributed by atoms with Gasteiger partial charge in [0, 0.05) is 5.38 Å². The normalized spacial score (nSPS) is 10.7. The molecule has 0 aromatic carbocycles. The van der Waals surface area contributed by atoms with Gasteiger partial charge >= 0.3 is 0 Å². The first-order chi connectivity index (χ1) is 6.79. The molecule has 14 heavy (non-hydrogen) atoms. The first-order valence-corrected chi connectivity index (χ1v) is 6.00. The third-order valence-corrected chi connectivity index (χ3v) is 3.73. The average molecular weight is 246 g/mol. The van der Waals surface area contributed by atoms with Crippen LogP contribution in [0, 0.1) is 0 Å². The van der Waals surface area contributed by atoms with Gasteiger partial charge in [0.15, 0.2) is 0 Å². The fourth-order valence-corrected chi connectivity index (χ4v) is 2.87. The van der Waals surface area contributed by atoms with Crippen LogP contribution in [0.5, 0.6) is 0 Å². The van der Waals surface area contributed by atoms with Crippen LogP contribution < -0.4 is 11.3 Å². The van der Waals surface area contributed by atoms with Gasteiger partial charge in [0.25, 0.3) is 0 Å². The molecule has 0 unspecified atom stereocenters. The molecule has 0 aliphatic heterocycles. The second-order valence-electron chi connectivity index (χ2n) is 2.61. The number of nitrogens with one attached hydrogen (secondary N) is 1. The van der Waals surface area contributed by atoms with Crippen LogP contribution in [-0.2, 0) is 6.54 Å². The van der Waals surface area contributed by atoms with Crippen molar-refractivity contribution in [3.05, 3.63) is 26.9 Å². The van der Waals surface area contributed by atoms with Crippen molar-refractivity contribution in [1.82, 2.24) is 10.4 Å². The lowest BCUT2D eigenvalue weighted by molar-refractivity contribution is 0.737. The van der Waals surface area contributed by atoms with Crippen molar-refractivity contribution >= 4 is 34.3 Å². The van der Waals surface area contributed by atoms with Crippen LogP contribution in [0.1, 0.15) is 5.01 Å². The van der Waals surface area contributed by atoms with E-state index in [4.69, 9.17) is 17.4 Å². The standard InChI is InChI=1S/C8H8ClN3S2/c9-7-2-1-6(14-7)5-4-13-8(12-5)3-11-10/h1-2,4,11H,3,10H2. The van der Waals surface area contributed by atoms with Crippen LogP contribution in [0.4, 0.5) is 0 Å². The Morgan fingerprint density at radius 1 is 1.50 bits per heavy atom. The largest absolute Gasteiger partial charge is 0.271 e. The number of thiazole rings is 1. The molecular weight excluding hydrogens is 238 g/mol. The number of nitrogens with two attached hydrogens (primary N) is 1. The van der Waals surface area contributed by atoms with E-state index < -0.39 is 0 Å². The van der Waals surface area contributed by atoms with Gasteiger partial charge in [0.05, 0.1) is 21.5 Å². The third-order valence-electron chi connectivity index (χ3n) is 1.63. The molecular formula is C8H8ClN3S2. The summed E-state index contributed by atoms with van der Waals surface area (Å²) in [6.07, 6.45) is 0. The molecule has 0 fully saturated rings. The van der Waals surface area contributed by atoms with E-state index >= 15 is 0 Å². The lowest BCUT2D eigenvalue weighted by Crippen LogP contribution is -2.20. The Bertz CT molecular complexity index is 424. The number of hydrogen-bond donors (Lipinski definition) is 2. The quantitative estimate of drug-likeness (QED) is 0.645. The molecule has 2 aromatic heterocycles. The maximum Gasteiger partial charge on any atom is 0.109 e. The van der Waals surface area contributed by atoms with E-state index in [0.29, 0.717) is 6.54 Å². The number of thiophene rings is 1. The Morgan fingerprint density at radius 2 is 2.36 bits per heavy atom. The molecule has 0 saturated carbocycles. The molecule has 0 spiro atoms. The highest BCUT2D eigenvalue weighted by atomic mass is 35.5. The maximum atomic E-state index is 5.84. The molecule has 0 aliphatic rings. The Hall–Kier alpha value is -0.460. The minimum Gasteiger partial charge on any atom is -0.271 e. The van der Waals surface area contributed by atoms with E-state index in [1.807, 2.05) is 17.5 Å². The SMILES string of the molecule is NNCc1nc(-c2ccc(Cl)s2)cs1. The van der Waals surface area contributed by atoms with E-state index in [1.165, 1.54) is 11.3 Å². The summed E-state index contributed by atoms with van der Waals surface area (Å²) in [5, 5.41) is 2.99. The summed E-state index contributed by atoms with van der Waals surface area (Å²) in [7, 11) is 0. The van der Waals surface area contributed by atoms with Crippen molar-refractivity contribution in [3.8, 4) is 10.6 Å². The molecule has 0 radical (unpaired) electrons. The molecule has 2 aromatic rings. The van der Waals surface area contributed by atoms with Gasteiger partial charge in [-0.05, 0) is 12.1 Å². The lowest BCUT2D eigenvalue weighted by Gasteiger charge is -1.91. The average Bonchev–Trinajstić information content (AvgIpc) is 2.74. The van der Waals surface area contributed by atoms with Crippen LogP contribution >= 0.6 is 34.3 Å². The molecule has 0 bridgehead atoms. The molecule has 0 saturated heterocycles. The number of rotatable bonds is 3. The minimum atomic E-state index is 0.601. The topological polar surface area (TPSA) is 50.9 Å². The monoisotopic (exact) mass is 245 g/mol. The molecule has 0 amide bonds. The van der Waals surface area contributed by atoms with Gasteiger partial charge in [-0.3, -0.25) is 11.3 Å². The van der Waals surface area contributed by atoms with Crippen molar-refractivity contribution in [2.24, 2.45) is 5.84 Å². The fourth-order valence-electron chi connectivity index (χ4n) is 1.04. The van der Waals surface area contributed by atoms with Gasteiger partial charge in [0.1, 0.15) is 5.01 Å². The van der Waals surface area contributed by atoms with Crippen LogP contribution in [0.15, 0.2) is 17.5 Å². The first kappa shape index (κ1) is 10.1. The number of hydrazine groups is 1. The molecule has 3 nitrogen and oxygen atoms in total. The van der Waals surface area contributed by atoms with Gasteiger partial charge in [-0.25, -0.2) is 4.98 Å². The van der Waals surface area contributed by atoms with Crippen molar-refractivity contribution in [3.63, 3.8) is 0 Å². The second-order valence-corrected chi connectivity index (χ2v) is 5.27. The first-order valence-electron chi connectivity index (χ1n) is 3.93. The molecule has 74 valence electrons. The van der Waals surface area contributed by atoms with Crippen LogP contribution in [0.2, 0.25) is 4.34 Å². The highest BCUT2D eigenvalue weighted by Gasteiger charge is 2.06. The van der Waals surface area contributed by atoms with Gasteiger partial charge in [0.2, 0.25) is 0 Å². The molecule has 3 N–H and O–H groups in total. The predicted molar refractivity (Wildman–Crippen MR) is 61.5 cm³/mol. The zero-order valence-corrected chi connectivity index (χ0v) is 9.55. The van der Waals surface area contributed by atoms with Crippen molar-refractivity contribution < 1.29 is 0 Å². The number of hydrogen-bond acceptors (Lipinski definition) is 5. The summed E-state index contributed by atoms with van der Waals surface area (Å²) in [5.41, 5.74) is 3.55. The van der Waals surface area contributed by atoms with E-state index in [2.05, 4.69) is 10.4 Å². The van der Waals surface area contributed by atoms with E-state index in [-0.39, 0.29) is 0 Å². The van der Waals surface area contributed by atoms with Crippen molar-refractivity contribution in [2.75, 3.05) is 0 Å². The molecule has 0 aliphatic carbocycles. The van der Waals surface area contributed by atoms with Crippen LogP contribution in [0.3, 0.4) is 0 Å². The highest BCUT2D eigenvalue weighted by Crippen LogP contribution is 2.31.